The molecule has 2 aromatic rings. The SMILES string of the molecule is CCCc1cc(C(=O)Nc2cccc(C(=O)O)c2)sc1C. The van der Waals surface area contributed by atoms with Crippen molar-refractivity contribution in [3.63, 3.8) is 0 Å². The van der Waals surface area contributed by atoms with E-state index in [2.05, 4.69) is 12.2 Å². The summed E-state index contributed by atoms with van der Waals surface area (Å²) in [6, 6.07) is 8.15. The molecule has 0 bridgehead atoms. The summed E-state index contributed by atoms with van der Waals surface area (Å²) in [5.41, 5.74) is 1.84. The van der Waals surface area contributed by atoms with Gasteiger partial charge in [0, 0.05) is 10.6 Å². The van der Waals surface area contributed by atoms with Gasteiger partial charge in [0.25, 0.3) is 5.91 Å². The van der Waals surface area contributed by atoms with Gasteiger partial charge in [-0.2, -0.15) is 0 Å². The Morgan fingerprint density at radius 1 is 1.29 bits per heavy atom. The predicted molar refractivity (Wildman–Crippen MR) is 84.4 cm³/mol. The van der Waals surface area contributed by atoms with E-state index >= 15 is 0 Å². The van der Waals surface area contributed by atoms with E-state index < -0.39 is 5.97 Å². The molecule has 1 aromatic carbocycles. The van der Waals surface area contributed by atoms with Gasteiger partial charge in [0.2, 0.25) is 0 Å². The van der Waals surface area contributed by atoms with Crippen LogP contribution >= 0.6 is 11.3 Å². The third-order valence-corrected chi connectivity index (χ3v) is 4.22. The number of carbonyl (C=O) groups excluding carboxylic acids is 1. The van der Waals surface area contributed by atoms with Crippen LogP contribution in [0.2, 0.25) is 0 Å². The smallest absolute Gasteiger partial charge is 0.335 e. The van der Waals surface area contributed by atoms with Crippen LogP contribution in [0.5, 0.6) is 0 Å². The predicted octanol–water partition coefficient (Wildman–Crippen LogP) is 3.96. The highest BCUT2D eigenvalue weighted by Gasteiger charge is 2.13. The third kappa shape index (κ3) is 3.70. The molecule has 0 aliphatic carbocycles. The normalized spacial score (nSPS) is 10.4. The largest absolute Gasteiger partial charge is 0.478 e. The molecule has 0 fully saturated rings. The minimum atomic E-state index is -1.01. The van der Waals surface area contributed by atoms with Gasteiger partial charge in [0.1, 0.15) is 0 Å². The van der Waals surface area contributed by atoms with Gasteiger partial charge in [-0.1, -0.05) is 19.4 Å². The zero-order valence-corrected chi connectivity index (χ0v) is 12.8. The molecule has 4 nitrogen and oxygen atoms in total. The lowest BCUT2D eigenvalue weighted by atomic mass is 10.1. The number of hydrogen-bond acceptors (Lipinski definition) is 3. The van der Waals surface area contributed by atoms with Crippen molar-refractivity contribution in [1.82, 2.24) is 0 Å². The molecule has 0 atom stereocenters. The summed E-state index contributed by atoms with van der Waals surface area (Å²) in [6.07, 6.45) is 2.00. The second-order valence-corrected chi connectivity index (χ2v) is 6.04. The summed E-state index contributed by atoms with van der Waals surface area (Å²) in [5.74, 6) is -1.21. The Kier molecular flexibility index (Phi) is 4.75. The number of rotatable bonds is 5. The van der Waals surface area contributed by atoms with Gasteiger partial charge >= 0.3 is 5.97 Å². The minimum Gasteiger partial charge on any atom is -0.478 e. The van der Waals surface area contributed by atoms with E-state index in [0.717, 1.165) is 17.7 Å². The zero-order chi connectivity index (χ0) is 15.4. The van der Waals surface area contributed by atoms with Gasteiger partial charge in [0.05, 0.1) is 10.4 Å². The van der Waals surface area contributed by atoms with Crippen LogP contribution in [0, 0.1) is 6.92 Å². The minimum absolute atomic E-state index is 0.154. The monoisotopic (exact) mass is 303 g/mol. The molecule has 2 rings (SSSR count). The highest BCUT2D eigenvalue weighted by Crippen LogP contribution is 2.24. The number of amides is 1. The van der Waals surface area contributed by atoms with Crippen molar-refractivity contribution in [2.45, 2.75) is 26.7 Å². The molecule has 0 saturated carbocycles. The van der Waals surface area contributed by atoms with Crippen molar-refractivity contribution < 1.29 is 14.7 Å². The standard InChI is InChI=1S/C16H17NO3S/c1-3-5-11-9-14(21-10(11)2)15(18)17-13-7-4-6-12(8-13)16(19)20/h4,6-9H,3,5H2,1-2H3,(H,17,18)(H,19,20). The molecular formula is C16H17NO3S. The molecule has 5 heteroatoms. The molecule has 21 heavy (non-hydrogen) atoms. The number of anilines is 1. The zero-order valence-electron chi connectivity index (χ0n) is 12.0. The van der Waals surface area contributed by atoms with Gasteiger partial charge in [0.15, 0.2) is 0 Å². The van der Waals surface area contributed by atoms with E-state index in [1.54, 1.807) is 12.1 Å². The van der Waals surface area contributed by atoms with Crippen LogP contribution in [0.25, 0.3) is 0 Å². The van der Waals surface area contributed by atoms with E-state index in [-0.39, 0.29) is 11.5 Å². The molecule has 1 amide bonds. The van der Waals surface area contributed by atoms with Crippen LogP contribution in [0.15, 0.2) is 30.3 Å². The molecule has 1 aromatic heterocycles. The van der Waals surface area contributed by atoms with E-state index in [1.165, 1.54) is 29.0 Å². The second kappa shape index (κ2) is 6.54. The van der Waals surface area contributed by atoms with Gasteiger partial charge in [-0.3, -0.25) is 4.79 Å². The van der Waals surface area contributed by atoms with Crippen molar-refractivity contribution in [2.24, 2.45) is 0 Å². The molecular weight excluding hydrogens is 286 g/mol. The second-order valence-electron chi connectivity index (χ2n) is 4.78. The van der Waals surface area contributed by atoms with E-state index in [0.29, 0.717) is 10.6 Å². The fraction of sp³-hybridized carbons (Fsp3) is 0.250. The molecule has 0 radical (unpaired) electrons. The number of benzene rings is 1. The van der Waals surface area contributed by atoms with Crippen molar-refractivity contribution >= 4 is 28.9 Å². The third-order valence-electron chi connectivity index (χ3n) is 3.13. The van der Waals surface area contributed by atoms with Crippen LogP contribution in [0.1, 0.15) is 43.8 Å². The van der Waals surface area contributed by atoms with E-state index in [1.807, 2.05) is 13.0 Å². The molecule has 110 valence electrons. The Balaban J connectivity index is 2.16. The van der Waals surface area contributed by atoms with Crippen LogP contribution in [0.4, 0.5) is 5.69 Å². The number of thiophene rings is 1. The Morgan fingerprint density at radius 2 is 2.05 bits per heavy atom. The maximum atomic E-state index is 12.2. The Morgan fingerprint density at radius 3 is 2.71 bits per heavy atom. The number of hydrogen-bond donors (Lipinski definition) is 2. The maximum absolute atomic E-state index is 12.2. The lowest BCUT2D eigenvalue weighted by Crippen LogP contribution is -2.10. The fourth-order valence-electron chi connectivity index (χ4n) is 2.07. The summed E-state index contributed by atoms with van der Waals surface area (Å²) in [7, 11) is 0. The van der Waals surface area contributed by atoms with Crippen LogP contribution < -0.4 is 5.32 Å². The van der Waals surface area contributed by atoms with Crippen molar-refractivity contribution in [3.8, 4) is 0 Å². The van der Waals surface area contributed by atoms with Gasteiger partial charge < -0.3 is 10.4 Å². The lowest BCUT2D eigenvalue weighted by Gasteiger charge is -2.04. The number of carboxylic acid groups (broad SMARTS) is 1. The molecule has 1 heterocycles. The topological polar surface area (TPSA) is 66.4 Å². The van der Waals surface area contributed by atoms with Crippen molar-refractivity contribution in [2.75, 3.05) is 5.32 Å². The molecule has 0 saturated heterocycles. The number of carboxylic acids is 1. The molecule has 0 aliphatic rings. The summed E-state index contributed by atoms with van der Waals surface area (Å²) in [6.45, 7) is 4.12. The molecule has 0 spiro atoms. The number of aryl methyl sites for hydroxylation is 2. The Labute approximate surface area is 127 Å². The maximum Gasteiger partial charge on any atom is 0.335 e. The average Bonchev–Trinajstić information content (AvgIpc) is 2.81. The van der Waals surface area contributed by atoms with Gasteiger partial charge in [-0.25, -0.2) is 4.79 Å². The quantitative estimate of drug-likeness (QED) is 0.878. The van der Waals surface area contributed by atoms with E-state index in [9.17, 15) is 9.59 Å². The number of carbonyl (C=O) groups is 2. The van der Waals surface area contributed by atoms with Crippen LogP contribution in [-0.4, -0.2) is 17.0 Å². The number of aromatic carboxylic acids is 1. The fourth-order valence-corrected chi connectivity index (χ4v) is 3.04. The summed E-state index contributed by atoms with van der Waals surface area (Å²) >= 11 is 1.46. The summed E-state index contributed by atoms with van der Waals surface area (Å²) in [4.78, 5) is 24.9. The number of nitrogens with one attached hydrogen (secondary N) is 1. The first-order chi connectivity index (χ1) is 10.0. The highest BCUT2D eigenvalue weighted by atomic mass is 32.1. The first-order valence-electron chi connectivity index (χ1n) is 6.75. The van der Waals surface area contributed by atoms with Crippen LogP contribution in [0.3, 0.4) is 0 Å². The highest BCUT2D eigenvalue weighted by molar-refractivity contribution is 7.14. The Bertz CT molecular complexity index is 676. The Hall–Kier alpha value is -2.14. The molecule has 0 unspecified atom stereocenters. The van der Waals surface area contributed by atoms with E-state index in [4.69, 9.17) is 5.11 Å². The van der Waals surface area contributed by atoms with Crippen molar-refractivity contribution in [3.05, 3.63) is 51.2 Å². The summed E-state index contributed by atoms with van der Waals surface area (Å²) < 4.78 is 0. The summed E-state index contributed by atoms with van der Waals surface area (Å²) in [5, 5.41) is 11.7. The molecule has 2 N–H and O–H groups in total. The lowest BCUT2D eigenvalue weighted by molar-refractivity contribution is 0.0696. The van der Waals surface area contributed by atoms with Gasteiger partial charge in [-0.15, -0.1) is 11.3 Å². The molecule has 0 aliphatic heterocycles. The average molecular weight is 303 g/mol. The first kappa shape index (κ1) is 15.3. The first-order valence-corrected chi connectivity index (χ1v) is 7.57. The van der Waals surface area contributed by atoms with Crippen molar-refractivity contribution in [1.29, 1.82) is 0 Å². The van der Waals surface area contributed by atoms with Crippen LogP contribution in [-0.2, 0) is 6.42 Å². The van der Waals surface area contributed by atoms with Gasteiger partial charge in [-0.05, 0) is 43.2 Å².